The summed E-state index contributed by atoms with van der Waals surface area (Å²) < 4.78 is 2.37. The van der Waals surface area contributed by atoms with Crippen LogP contribution in [0.4, 0.5) is 11.4 Å². The number of benzene rings is 4. The predicted octanol–water partition coefficient (Wildman–Crippen LogP) is 10.8. The lowest BCUT2D eigenvalue weighted by Crippen LogP contribution is -2.26. The largest absolute Gasteiger partial charge is 0.347 e. The number of anilines is 1. The molecule has 3 aliphatic rings. The van der Waals surface area contributed by atoms with E-state index < -0.39 is 0 Å². The Labute approximate surface area is 269 Å². The summed E-state index contributed by atoms with van der Waals surface area (Å²) in [6.07, 6.45) is 20.7. The van der Waals surface area contributed by atoms with Crippen molar-refractivity contribution in [2.75, 3.05) is 19.0 Å². The van der Waals surface area contributed by atoms with E-state index in [-0.39, 0.29) is 10.8 Å². The lowest BCUT2D eigenvalue weighted by Gasteiger charge is -2.29. The number of rotatable bonds is 6. The lowest BCUT2D eigenvalue weighted by atomic mass is 9.76. The summed E-state index contributed by atoms with van der Waals surface area (Å²) in [6, 6.07) is 26.7. The topological polar surface area (TPSA) is 6.25 Å². The zero-order valence-corrected chi connectivity index (χ0v) is 27.7. The van der Waals surface area contributed by atoms with Crippen LogP contribution in [0.5, 0.6) is 0 Å². The van der Waals surface area contributed by atoms with Gasteiger partial charge in [-0.15, -0.1) is 0 Å². The maximum atomic E-state index is 2.44. The first-order valence-electron chi connectivity index (χ1n) is 16.6. The van der Waals surface area contributed by atoms with Gasteiger partial charge in [-0.2, -0.15) is 4.58 Å². The lowest BCUT2D eigenvalue weighted by molar-refractivity contribution is -0.401. The fourth-order valence-electron chi connectivity index (χ4n) is 8.45. The minimum Gasteiger partial charge on any atom is -0.347 e. The van der Waals surface area contributed by atoms with Crippen molar-refractivity contribution in [1.29, 1.82) is 0 Å². The fourth-order valence-corrected chi connectivity index (χ4v) is 8.45. The van der Waals surface area contributed by atoms with Gasteiger partial charge in [0.25, 0.3) is 0 Å². The molecule has 1 atom stereocenters. The van der Waals surface area contributed by atoms with Crippen molar-refractivity contribution < 1.29 is 4.58 Å². The normalized spacial score (nSPS) is 22.6. The minimum atomic E-state index is -0.0571. The van der Waals surface area contributed by atoms with Gasteiger partial charge in [0.1, 0.15) is 7.05 Å². The molecule has 4 aromatic rings. The van der Waals surface area contributed by atoms with E-state index in [0.717, 1.165) is 25.7 Å². The van der Waals surface area contributed by atoms with Gasteiger partial charge in [0.2, 0.25) is 5.69 Å². The van der Waals surface area contributed by atoms with Crippen LogP contribution in [0.1, 0.15) is 64.5 Å². The molecule has 2 heteroatoms. The third-order valence-corrected chi connectivity index (χ3v) is 10.6. The van der Waals surface area contributed by atoms with Crippen molar-refractivity contribution in [2.45, 2.75) is 64.2 Å². The Morgan fingerprint density at radius 2 is 1.44 bits per heavy atom. The van der Waals surface area contributed by atoms with E-state index in [1.165, 1.54) is 66.6 Å². The Hall–Kier alpha value is -4.43. The molecule has 45 heavy (non-hydrogen) atoms. The smallest absolute Gasteiger partial charge is 0.210 e. The molecule has 7 rings (SSSR count). The molecular formula is C43H45N2+. The van der Waals surface area contributed by atoms with Gasteiger partial charge < -0.3 is 4.90 Å². The van der Waals surface area contributed by atoms with Crippen LogP contribution in [0.25, 0.3) is 21.5 Å². The van der Waals surface area contributed by atoms with Crippen LogP contribution >= 0.6 is 0 Å². The van der Waals surface area contributed by atoms with Crippen molar-refractivity contribution in [3.63, 3.8) is 0 Å². The summed E-state index contributed by atoms with van der Waals surface area (Å²) >= 11 is 0. The third kappa shape index (κ3) is 4.74. The Kier molecular flexibility index (Phi) is 7.28. The van der Waals surface area contributed by atoms with Crippen LogP contribution in [0.15, 0.2) is 132 Å². The molecule has 0 aromatic heterocycles. The number of nitrogens with zero attached hydrogens (tertiary/aromatic N) is 2. The van der Waals surface area contributed by atoms with E-state index in [1.807, 2.05) is 0 Å². The molecule has 0 saturated carbocycles. The quantitative estimate of drug-likeness (QED) is 0.203. The molecule has 0 fully saturated rings. The summed E-state index contributed by atoms with van der Waals surface area (Å²) in [4.78, 5) is 2.42. The first kappa shape index (κ1) is 29.3. The van der Waals surface area contributed by atoms with Crippen molar-refractivity contribution in [2.24, 2.45) is 0 Å². The molecular weight excluding hydrogens is 544 g/mol. The molecule has 0 N–H and O–H groups in total. The van der Waals surface area contributed by atoms with E-state index in [2.05, 4.69) is 167 Å². The van der Waals surface area contributed by atoms with Gasteiger partial charge in [0, 0.05) is 41.6 Å². The number of hydrogen-bond donors (Lipinski definition) is 0. The van der Waals surface area contributed by atoms with Crippen molar-refractivity contribution in [1.82, 2.24) is 0 Å². The summed E-state index contributed by atoms with van der Waals surface area (Å²) in [5.74, 6) is 0. The van der Waals surface area contributed by atoms with Crippen molar-refractivity contribution in [3.8, 4) is 0 Å². The second-order valence-corrected chi connectivity index (χ2v) is 13.8. The second-order valence-electron chi connectivity index (χ2n) is 13.8. The van der Waals surface area contributed by atoms with Crippen LogP contribution in [-0.2, 0) is 10.8 Å². The summed E-state index contributed by atoms with van der Waals surface area (Å²) in [7, 11) is 4.44. The van der Waals surface area contributed by atoms with E-state index in [4.69, 9.17) is 0 Å². The fraction of sp³-hybridized carbons (Fsp3) is 0.279. The summed E-state index contributed by atoms with van der Waals surface area (Å²) in [5, 5.41) is 5.38. The highest BCUT2D eigenvalue weighted by molar-refractivity contribution is 6.07. The summed E-state index contributed by atoms with van der Waals surface area (Å²) in [5.41, 5.74) is 11.0. The highest BCUT2D eigenvalue weighted by Crippen LogP contribution is 2.52. The van der Waals surface area contributed by atoms with Gasteiger partial charge >= 0.3 is 0 Å². The maximum absolute atomic E-state index is 2.44. The highest BCUT2D eigenvalue weighted by Gasteiger charge is 2.44. The Morgan fingerprint density at radius 1 is 0.778 bits per heavy atom. The van der Waals surface area contributed by atoms with Crippen LogP contribution < -0.4 is 4.90 Å². The molecule has 2 heterocycles. The first-order chi connectivity index (χ1) is 21.7. The maximum Gasteiger partial charge on any atom is 0.210 e. The molecule has 0 bridgehead atoms. The zero-order chi connectivity index (χ0) is 31.3. The number of likely N-dealkylation sites (N-methyl/N-ethyl adjacent to an activating group) is 1. The van der Waals surface area contributed by atoms with Crippen LogP contribution in [0.3, 0.4) is 0 Å². The first-order valence-corrected chi connectivity index (χ1v) is 16.6. The SMILES string of the molecule is CCCC1(C)/C(=C\C=C\C2=CC(=C/C=C/C3=[N+](C)c4ccc5ccccc5c4C3(C)C)/CC2)N(C)c2ccc3ccccc3c21. The van der Waals surface area contributed by atoms with Crippen LogP contribution in [-0.4, -0.2) is 24.4 Å². The molecule has 2 aliphatic heterocycles. The van der Waals surface area contributed by atoms with Crippen molar-refractivity contribution >= 4 is 38.6 Å². The van der Waals surface area contributed by atoms with Gasteiger partial charge in [-0.1, -0.05) is 98.3 Å². The van der Waals surface area contributed by atoms with Gasteiger partial charge in [0.15, 0.2) is 5.71 Å². The van der Waals surface area contributed by atoms with Gasteiger partial charge in [-0.25, -0.2) is 0 Å². The highest BCUT2D eigenvalue weighted by atomic mass is 15.2. The van der Waals surface area contributed by atoms with Crippen molar-refractivity contribution in [3.05, 3.63) is 143 Å². The number of allylic oxidation sites excluding steroid dienone is 10. The molecule has 0 saturated heterocycles. The van der Waals surface area contributed by atoms with E-state index >= 15 is 0 Å². The molecule has 0 spiro atoms. The Bertz CT molecular complexity index is 2030. The number of hydrogen-bond acceptors (Lipinski definition) is 1. The zero-order valence-electron chi connectivity index (χ0n) is 27.7. The molecule has 0 amide bonds. The van der Waals surface area contributed by atoms with Gasteiger partial charge in [0.05, 0.1) is 5.41 Å². The monoisotopic (exact) mass is 589 g/mol. The molecule has 1 aliphatic carbocycles. The predicted molar refractivity (Wildman–Crippen MR) is 194 cm³/mol. The van der Waals surface area contributed by atoms with E-state index in [1.54, 1.807) is 0 Å². The van der Waals surface area contributed by atoms with Gasteiger partial charge in [-0.3, -0.25) is 0 Å². The average molecular weight is 590 g/mol. The standard InChI is InChI=1S/C43H45N2/c1-7-28-43(4)39(45(6)37-27-25-33-17-9-11-19-35(33)41(37)43)21-13-15-31-23-22-30(29-31)14-12-20-38-42(2,3)40-34-18-10-8-16-32(34)24-26-36(40)44(38)5/h8-21,24-27,29H,7,22-23,28H2,1-6H3/q+1. The van der Waals surface area contributed by atoms with Crippen LogP contribution in [0, 0.1) is 0 Å². The molecule has 4 aromatic carbocycles. The third-order valence-electron chi connectivity index (χ3n) is 10.6. The molecule has 226 valence electrons. The molecule has 0 radical (unpaired) electrons. The van der Waals surface area contributed by atoms with E-state index in [9.17, 15) is 0 Å². The van der Waals surface area contributed by atoms with E-state index in [0.29, 0.717) is 0 Å². The number of fused-ring (bicyclic) bond motifs is 6. The molecule has 1 unspecified atom stereocenters. The average Bonchev–Trinajstić information content (AvgIpc) is 3.64. The van der Waals surface area contributed by atoms with Gasteiger partial charge in [-0.05, 0) is 96.5 Å². The summed E-state index contributed by atoms with van der Waals surface area (Å²) in [6.45, 7) is 9.46. The Morgan fingerprint density at radius 3 is 2.18 bits per heavy atom. The minimum absolute atomic E-state index is 0.00522. The van der Waals surface area contributed by atoms with Crippen LogP contribution in [0.2, 0.25) is 0 Å². The second kappa shape index (κ2) is 11.2. The Balaban J connectivity index is 1.12. The molecule has 2 nitrogen and oxygen atoms in total.